The Labute approximate surface area is 258 Å². The van der Waals surface area contributed by atoms with Gasteiger partial charge in [-0.2, -0.15) is 0 Å². The van der Waals surface area contributed by atoms with Gasteiger partial charge in [-0.3, -0.25) is 13.9 Å². The number of aryl methyl sites for hydroxylation is 1. The second-order valence-corrected chi connectivity index (χ2v) is 13.4. The van der Waals surface area contributed by atoms with Gasteiger partial charge in [-0.05, 0) is 62.1 Å². The van der Waals surface area contributed by atoms with E-state index in [1.165, 1.54) is 35.2 Å². The minimum atomic E-state index is -4.21. The van der Waals surface area contributed by atoms with Crippen molar-refractivity contribution in [1.29, 1.82) is 0 Å². The van der Waals surface area contributed by atoms with Crippen molar-refractivity contribution in [1.82, 2.24) is 10.2 Å². The Morgan fingerprint density at radius 3 is 2.24 bits per heavy atom. The molecular weight excluding hydrogens is 593 g/mol. The molecule has 3 aromatic rings. The van der Waals surface area contributed by atoms with Crippen LogP contribution in [0.15, 0.2) is 77.7 Å². The van der Waals surface area contributed by atoms with Gasteiger partial charge in [0.25, 0.3) is 10.0 Å². The van der Waals surface area contributed by atoms with E-state index in [0.717, 1.165) is 47.5 Å². The van der Waals surface area contributed by atoms with Gasteiger partial charge in [0.15, 0.2) is 0 Å². The van der Waals surface area contributed by atoms with Crippen LogP contribution >= 0.6 is 23.2 Å². The summed E-state index contributed by atoms with van der Waals surface area (Å²) in [4.78, 5) is 29.3. The van der Waals surface area contributed by atoms with Crippen molar-refractivity contribution < 1.29 is 18.0 Å². The molecule has 2 amide bonds. The lowest BCUT2D eigenvalue weighted by Gasteiger charge is -2.34. The van der Waals surface area contributed by atoms with E-state index in [4.69, 9.17) is 23.2 Å². The van der Waals surface area contributed by atoms with Crippen molar-refractivity contribution in [2.45, 2.75) is 75.9 Å². The summed E-state index contributed by atoms with van der Waals surface area (Å²) in [6.07, 6.45) is 5.45. The van der Waals surface area contributed by atoms with Gasteiger partial charge in [-0.25, -0.2) is 8.42 Å². The van der Waals surface area contributed by atoms with Gasteiger partial charge in [-0.15, -0.1) is 0 Å². The van der Waals surface area contributed by atoms with E-state index in [-0.39, 0.29) is 34.1 Å². The highest BCUT2D eigenvalue weighted by molar-refractivity contribution is 7.92. The molecule has 1 N–H and O–H groups in total. The molecule has 1 fully saturated rings. The highest BCUT2D eigenvalue weighted by Crippen LogP contribution is 2.33. The van der Waals surface area contributed by atoms with Crippen LogP contribution in [0.3, 0.4) is 0 Å². The minimum absolute atomic E-state index is 0.0102. The van der Waals surface area contributed by atoms with Crippen LogP contribution in [-0.2, 0) is 26.2 Å². The van der Waals surface area contributed by atoms with Gasteiger partial charge >= 0.3 is 0 Å². The van der Waals surface area contributed by atoms with Crippen molar-refractivity contribution >= 4 is 50.7 Å². The van der Waals surface area contributed by atoms with E-state index < -0.39 is 28.5 Å². The lowest BCUT2D eigenvalue weighted by atomic mass is 9.95. The summed E-state index contributed by atoms with van der Waals surface area (Å²) in [5.41, 5.74) is 2.02. The fraction of sp³-hybridized carbons (Fsp3) is 0.375. The van der Waals surface area contributed by atoms with Gasteiger partial charge in [0, 0.05) is 17.6 Å². The molecular formula is C32H37Cl2N3O4S. The number of carbonyl (C=O) groups excluding carboxylic acids is 2. The molecule has 0 aromatic heterocycles. The second-order valence-electron chi connectivity index (χ2n) is 10.7. The van der Waals surface area contributed by atoms with Gasteiger partial charge in [0.05, 0.1) is 15.6 Å². The average molecular weight is 631 g/mol. The summed E-state index contributed by atoms with van der Waals surface area (Å²) >= 11 is 12.6. The number of benzene rings is 3. The predicted octanol–water partition coefficient (Wildman–Crippen LogP) is 6.75. The molecule has 1 atom stereocenters. The molecule has 1 aliphatic rings. The van der Waals surface area contributed by atoms with Gasteiger partial charge in [-0.1, -0.05) is 97.4 Å². The first-order valence-electron chi connectivity index (χ1n) is 14.3. The number of nitrogens with one attached hydrogen (secondary N) is 1. The number of hydrogen-bond donors (Lipinski definition) is 1. The Bertz CT molecular complexity index is 1480. The lowest BCUT2D eigenvalue weighted by molar-refractivity contribution is -0.140. The molecule has 224 valence electrons. The third-order valence-corrected chi connectivity index (χ3v) is 9.91. The maximum atomic E-state index is 14.2. The molecule has 10 heteroatoms. The standard InChI is InChI=1S/C32H37Cl2N3O4S/c1-3-29(32(39)35-26-10-6-4-7-11-26)36(21-24-16-14-23(2)15-17-24)31(38)22-37(30-19-18-25(33)20-28(30)34)42(40,41)27-12-8-5-9-13-27/h5,8-9,12-20,26,29H,3-4,6-7,10-11,21-22H2,1-2H3,(H,35,39)/t29-/m0/s1. The Hall–Kier alpha value is -3.07. The maximum absolute atomic E-state index is 14.2. The Morgan fingerprint density at radius 2 is 1.62 bits per heavy atom. The fourth-order valence-electron chi connectivity index (χ4n) is 5.27. The van der Waals surface area contributed by atoms with Crippen LogP contribution in [0.2, 0.25) is 10.0 Å². The molecule has 0 bridgehead atoms. The van der Waals surface area contributed by atoms with Crippen molar-refractivity contribution in [2.24, 2.45) is 0 Å². The molecule has 0 aliphatic heterocycles. The zero-order chi connectivity index (χ0) is 30.3. The Kier molecular flexibility index (Phi) is 10.9. The summed E-state index contributed by atoms with van der Waals surface area (Å²) in [6, 6.07) is 19.3. The normalized spacial score (nSPS) is 14.7. The second kappa shape index (κ2) is 14.4. The van der Waals surface area contributed by atoms with Crippen molar-refractivity contribution in [3.8, 4) is 0 Å². The smallest absolute Gasteiger partial charge is 0.264 e. The van der Waals surface area contributed by atoms with Crippen LogP contribution < -0.4 is 9.62 Å². The van der Waals surface area contributed by atoms with E-state index in [0.29, 0.717) is 11.4 Å². The number of nitrogens with zero attached hydrogens (tertiary/aromatic N) is 2. The third-order valence-electron chi connectivity index (χ3n) is 7.60. The van der Waals surface area contributed by atoms with Crippen molar-refractivity contribution in [3.05, 3.63) is 94.0 Å². The zero-order valence-electron chi connectivity index (χ0n) is 23.9. The van der Waals surface area contributed by atoms with Crippen LogP contribution in [-0.4, -0.2) is 43.8 Å². The summed E-state index contributed by atoms with van der Waals surface area (Å²) < 4.78 is 28.9. The molecule has 42 heavy (non-hydrogen) atoms. The molecule has 0 unspecified atom stereocenters. The van der Waals surface area contributed by atoms with E-state index in [9.17, 15) is 18.0 Å². The van der Waals surface area contributed by atoms with Crippen LogP contribution in [0, 0.1) is 6.92 Å². The summed E-state index contributed by atoms with van der Waals surface area (Å²) in [6.45, 7) is 3.41. The highest BCUT2D eigenvalue weighted by Gasteiger charge is 2.35. The first-order chi connectivity index (χ1) is 20.1. The molecule has 1 aliphatic carbocycles. The topological polar surface area (TPSA) is 86.8 Å². The molecule has 0 radical (unpaired) electrons. The molecule has 0 spiro atoms. The number of amides is 2. The minimum Gasteiger partial charge on any atom is -0.352 e. The molecule has 4 rings (SSSR count). The SMILES string of the molecule is CC[C@@H](C(=O)NC1CCCCC1)N(Cc1ccc(C)cc1)C(=O)CN(c1ccc(Cl)cc1Cl)S(=O)(=O)c1ccccc1. The van der Waals surface area contributed by atoms with Crippen molar-refractivity contribution in [3.63, 3.8) is 0 Å². The largest absolute Gasteiger partial charge is 0.352 e. The van der Waals surface area contributed by atoms with Gasteiger partial charge < -0.3 is 10.2 Å². The van der Waals surface area contributed by atoms with E-state index >= 15 is 0 Å². The Balaban J connectivity index is 1.72. The highest BCUT2D eigenvalue weighted by atomic mass is 35.5. The molecule has 0 heterocycles. The van der Waals surface area contributed by atoms with Gasteiger partial charge in [0.1, 0.15) is 12.6 Å². The predicted molar refractivity (Wildman–Crippen MR) is 168 cm³/mol. The van der Waals surface area contributed by atoms with Crippen LogP contribution in [0.5, 0.6) is 0 Å². The van der Waals surface area contributed by atoms with E-state index in [1.54, 1.807) is 18.2 Å². The monoisotopic (exact) mass is 629 g/mol. The number of anilines is 1. The Morgan fingerprint density at radius 1 is 0.952 bits per heavy atom. The number of sulfonamides is 1. The number of hydrogen-bond acceptors (Lipinski definition) is 4. The first kappa shape index (κ1) is 31.9. The van der Waals surface area contributed by atoms with Crippen LogP contribution in [0.1, 0.15) is 56.6 Å². The number of rotatable bonds is 11. The number of carbonyl (C=O) groups is 2. The third kappa shape index (κ3) is 7.85. The van der Waals surface area contributed by atoms with Crippen LogP contribution in [0.25, 0.3) is 0 Å². The van der Waals surface area contributed by atoms with E-state index in [1.807, 2.05) is 38.1 Å². The molecule has 0 saturated heterocycles. The molecule has 1 saturated carbocycles. The lowest BCUT2D eigenvalue weighted by Crippen LogP contribution is -2.54. The van der Waals surface area contributed by atoms with E-state index in [2.05, 4.69) is 5.32 Å². The zero-order valence-corrected chi connectivity index (χ0v) is 26.3. The summed E-state index contributed by atoms with van der Waals surface area (Å²) in [5.74, 6) is -0.751. The van der Waals surface area contributed by atoms with Crippen molar-refractivity contribution in [2.75, 3.05) is 10.8 Å². The fourth-order valence-corrected chi connectivity index (χ4v) is 7.29. The van der Waals surface area contributed by atoms with Gasteiger partial charge in [0.2, 0.25) is 11.8 Å². The molecule has 3 aromatic carbocycles. The quantitative estimate of drug-likeness (QED) is 0.254. The first-order valence-corrected chi connectivity index (χ1v) is 16.5. The average Bonchev–Trinajstić information content (AvgIpc) is 2.98. The maximum Gasteiger partial charge on any atom is 0.264 e. The summed E-state index contributed by atoms with van der Waals surface area (Å²) in [7, 11) is -4.21. The summed E-state index contributed by atoms with van der Waals surface area (Å²) in [5, 5.41) is 3.57. The molecule has 7 nitrogen and oxygen atoms in total. The number of halogens is 2. The van der Waals surface area contributed by atoms with Crippen LogP contribution in [0.4, 0.5) is 5.69 Å².